The van der Waals surface area contributed by atoms with E-state index in [-0.39, 0.29) is 17.8 Å². The zero-order valence-corrected chi connectivity index (χ0v) is 16.7. The summed E-state index contributed by atoms with van der Waals surface area (Å²) >= 11 is 0. The molecule has 1 amide bonds. The van der Waals surface area contributed by atoms with Crippen LogP contribution in [-0.4, -0.2) is 54.6 Å². The molecule has 0 N–H and O–H groups in total. The average Bonchev–Trinajstić information content (AvgIpc) is 2.69. The van der Waals surface area contributed by atoms with Crippen LogP contribution in [0.1, 0.15) is 29.8 Å². The van der Waals surface area contributed by atoms with Gasteiger partial charge in [-0.25, -0.2) is 4.39 Å². The largest absolute Gasteiger partial charge is 0.374 e. The van der Waals surface area contributed by atoms with E-state index in [1.165, 1.54) is 6.07 Å². The third-order valence-corrected chi connectivity index (χ3v) is 4.89. The third kappa shape index (κ3) is 5.63. The van der Waals surface area contributed by atoms with Crippen molar-refractivity contribution in [1.29, 1.82) is 0 Å². The number of amides is 1. The third-order valence-electron chi connectivity index (χ3n) is 4.89. The molecule has 2 aromatic rings. The van der Waals surface area contributed by atoms with Crippen LogP contribution < -0.4 is 0 Å². The summed E-state index contributed by atoms with van der Waals surface area (Å²) in [5.41, 5.74) is 1.39. The summed E-state index contributed by atoms with van der Waals surface area (Å²) in [4.78, 5) is 17.1. The fraction of sp³-hybridized carbons (Fsp3) is 0.435. The fourth-order valence-corrected chi connectivity index (χ4v) is 3.59. The van der Waals surface area contributed by atoms with Crippen molar-refractivity contribution in [3.8, 4) is 0 Å². The summed E-state index contributed by atoms with van der Waals surface area (Å²) in [6.45, 7) is 8.04. The van der Waals surface area contributed by atoms with Crippen molar-refractivity contribution >= 4 is 5.91 Å². The second-order valence-corrected chi connectivity index (χ2v) is 7.79. The fourth-order valence-electron chi connectivity index (χ4n) is 3.59. The molecule has 1 saturated heterocycles. The van der Waals surface area contributed by atoms with Crippen LogP contribution in [-0.2, 0) is 11.3 Å². The number of carbonyl (C=O) groups is 1. The number of benzene rings is 2. The molecule has 0 spiro atoms. The Morgan fingerprint density at radius 3 is 2.61 bits per heavy atom. The number of nitrogens with zero attached hydrogens (tertiary/aromatic N) is 2. The molecule has 150 valence electrons. The highest BCUT2D eigenvalue weighted by Gasteiger charge is 2.26. The predicted molar refractivity (Wildman–Crippen MR) is 109 cm³/mol. The molecule has 1 fully saturated rings. The van der Waals surface area contributed by atoms with Gasteiger partial charge >= 0.3 is 0 Å². The van der Waals surface area contributed by atoms with E-state index in [1.807, 2.05) is 47.4 Å². The molecule has 1 unspecified atom stereocenters. The SMILES string of the molecule is CC(C)CN(CC1CN(Cc2ccccc2F)CCO1)C(=O)c1ccccc1. The van der Waals surface area contributed by atoms with Crippen LogP contribution in [0.25, 0.3) is 0 Å². The van der Waals surface area contributed by atoms with Gasteiger partial charge in [0.15, 0.2) is 0 Å². The first-order chi connectivity index (χ1) is 13.5. The topological polar surface area (TPSA) is 32.8 Å². The molecule has 1 aliphatic rings. The van der Waals surface area contributed by atoms with Crippen molar-refractivity contribution in [1.82, 2.24) is 9.80 Å². The number of hydrogen-bond donors (Lipinski definition) is 0. The highest BCUT2D eigenvalue weighted by Crippen LogP contribution is 2.16. The van der Waals surface area contributed by atoms with Crippen molar-refractivity contribution < 1.29 is 13.9 Å². The quantitative estimate of drug-likeness (QED) is 0.727. The second-order valence-electron chi connectivity index (χ2n) is 7.79. The Morgan fingerprint density at radius 1 is 1.18 bits per heavy atom. The number of hydrogen-bond acceptors (Lipinski definition) is 3. The Labute approximate surface area is 166 Å². The van der Waals surface area contributed by atoms with E-state index in [9.17, 15) is 9.18 Å². The first-order valence-corrected chi connectivity index (χ1v) is 9.94. The molecule has 0 aliphatic carbocycles. The molecular formula is C23H29FN2O2. The summed E-state index contributed by atoms with van der Waals surface area (Å²) in [5, 5.41) is 0. The monoisotopic (exact) mass is 384 g/mol. The molecule has 1 aliphatic heterocycles. The maximum atomic E-state index is 14.0. The Hall–Kier alpha value is -2.24. The first kappa shape index (κ1) is 20.5. The summed E-state index contributed by atoms with van der Waals surface area (Å²) in [6, 6.07) is 16.3. The summed E-state index contributed by atoms with van der Waals surface area (Å²) in [6.07, 6.45) is -0.0769. The van der Waals surface area contributed by atoms with Crippen LogP contribution in [0, 0.1) is 11.7 Å². The predicted octanol–water partition coefficient (Wildman–Crippen LogP) is 3.82. The minimum atomic E-state index is -0.175. The normalized spacial score (nSPS) is 17.6. The van der Waals surface area contributed by atoms with E-state index < -0.39 is 0 Å². The van der Waals surface area contributed by atoms with Crippen molar-refractivity contribution in [2.45, 2.75) is 26.5 Å². The van der Waals surface area contributed by atoms with Crippen LogP contribution in [0.5, 0.6) is 0 Å². The molecule has 0 radical (unpaired) electrons. The van der Waals surface area contributed by atoms with Gasteiger partial charge in [-0.05, 0) is 24.1 Å². The van der Waals surface area contributed by atoms with Gasteiger partial charge in [-0.15, -0.1) is 0 Å². The number of halogens is 1. The standard InChI is InChI=1S/C23H29FN2O2/c1-18(2)14-26(23(27)19-8-4-3-5-9-19)17-21-16-25(12-13-28-21)15-20-10-6-7-11-22(20)24/h3-11,18,21H,12-17H2,1-2H3. The summed E-state index contributed by atoms with van der Waals surface area (Å²) < 4.78 is 19.9. The van der Waals surface area contributed by atoms with Crippen LogP contribution in [0.4, 0.5) is 4.39 Å². The van der Waals surface area contributed by atoms with E-state index in [2.05, 4.69) is 18.7 Å². The zero-order valence-electron chi connectivity index (χ0n) is 16.7. The smallest absolute Gasteiger partial charge is 0.253 e. The molecule has 0 bridgehead atoms. The Morgan fingerprint density at radius 2 is 1.89 bits per heavy atom. The molecule has 0 saturated carbocycles. The van der Waals surface area contributed by atoms with Crippen LogP contribution in [0.3, 0.4) is 0 Å². The Balaban J connectivity index is 1.65. The number of morpholine rings is 1. The molecule has 2 aromatic carbocycles. The van der Waals surface area contributed by atoms with E-state index in [1.54, 1.807) is 6.07 Å². The summed E-state index contributed by atoms with van der Waals surface area (Å²) in [5.74, 6) is 0.223. The first-order valence-electron chi connectivity index (χ1n) is 9.94. The van der Waals surface area contributed by atoms with Gasteiger partial charge in [0.05, 0.1) is 12.7 Å². The van der Waals surface area contributed by atoms with Gasteiger partial charge < -0.3 is 9.64 Å². The average molecular weight is 384 g/mol. The van der Waals surface area contributed by atoms with E-state index in [0.717, 1.165) is 6.54 Å². The molecule has 1 atom stereocenters. The van der Waals surface area contributed by atoms with E-state index >= 15 is 0 Å². The van der Waals surface area contributed by atoms with Crippen LogP contribution in [0.2, 0.25) is 0 Å². The van der Waals surface area contributed by atoms with Gasteiger partial charge in [-0.2, -0.15) is 0 Å². The van der Waals surface area contributed by atoms with Crippen molar-refractivity contribution in [2.24, 2.45) is 5.92 Å². The van der Waals surface area contributed by atoms with Gasteiger partial charge in [0.2, 0.25) is 0 Å². The van der Waals surface area contributed by atoms with Crippen molar-refractivity contribution in [3.63, 3.8) is 0 Å². The van der Waals surface area contributed by atoms with Gasteiger partial charge in [-0.1, -0.05) is 50.2 Å². The zero-order chi connectivity index (χ0) is 19.9. The lowest BCUT2D eigenvalue weighted by Crippen LogP contribution is -2.49. The highest BCUT2D eigenvalue weighted by atomic mass is 19.1. The maximum absolute atomic E-state index is 14.0. The van der Waals surface area contributed by atoms with Gasteiger partial charge in [0.1, 0.15) is 5.82 Å². The minimum absolute atomic E-state index is 0.0316. The van der Waals surface area contributed by atoms with Gasteiger partial charge in [0, 0.05) is 43.9 Å². The molecule has 1 heterocycles. The lowest BCUT2D eigenvalue weighted by Gasteiger charge is -2.36. The maximum Gasteiger partial charge on any atom is 0.253 e. The Kier molecular flexibility index (Phi) is 7.18. The van der Waals surface area contributed by atoms with Gasteiger partial charge in [-0.3, -0.25) is 9.69 Å². The molecular weight excluding hydrogens is 355 g/mol. The van der Waals surface area contributed by atoms with Crippen LogP contribution >= 0.6 is 0 Å². The Bertz CT molecular complexity index is 766. The minimum Gasteiger partial charge on any atom is -0.374 e. The highest BCUT2D eigenvalue weighted by molar-refractivity contribution is 5.94. The van der Waals surface area contributed by atoms with E-state index in [0.29, 0.717) is 49.8 Å². The molecule has 28 heavy (non-hydrogen) atoms. The summed E-state index contributed by atoms with van der Waals surface area (Å²) in [7, 11) is 0. The lowest BCUT2D eigenvalue weighted by molar-refractivity contribution is -0.0440. The second kappa shape index (κ2) is 9.80. The van der Waals surface area contributed by atoms with Crippen LogP contribution in [0.15, 0.2) is 54.6 Å². The van der Waals surface area contributed by atoms with Gasteiger partial charge in [0.25, 0.3) is 5.91 Å². The molecule has 4 nitrogen and oxygen atoms in total. The molecule has 3 rings (SSSR count). The van der Waals surface area contributed by atoms with E-state index in [4.69, 9.17) is 4.74 Å². The number of carbonyl (C=O) groups excluding carboxylic acids is 1. The molecule has 0 aromatic heterocycles. The number of rotatable bonds is 7. The molecule has 5 heteroatoms. The van der Waals surface area contributed by atoms with Crippen molar-refractivity contribution in [3.05, 3.63) is 71.5 Å². The lowest BCUT2D eigenvalue weighted by atomic mass is 10.1. The van der Waals surface area contributed by atoms with Crippen molar-refractivity contribution in [2.75, 3.05) is 32.8 Å². The number of ether oxygens (including phenoxy) is 1.